The van der Waals surface area contributed by atoms with Crippen LogP contribution < -0.4 is 0 Å². The zero-order valence-electron chi connectivity index (χ0n) is 6.65. The smallest absolute Gasteiger partial charge is 0.175 e. The van der Waals surface area contributed by atoms with Crippen LogP contribution in [0.1, 0.15) is 0 Å². The number of aromatic amines is 2. The molecule has 3 nitrogen and oxygen atoms in total. The molecule has 13 heavy (non-hydrogen) atoms. The van der Waals surface area contributed by atoms with Crippen LogP contribution in [0.15, 0.2) is 40.6 Å². The van der Waals surface area contributed by atoms with Gasteiger partial charge in [0.1, 0.15) is 5.03 Å². The number of nitrogens with one attached hydrogen (secondary N) is 2. The fraction of sp³-hybridized carbons (Fsp3) is 0. The Kier molecular flexibility index (Phi) is 2.47. The van der Waals surface area contributed by atoms with Crippen LogP contribution in [0, 0.1) is 4.77 Å². The van der Waals surface area contributed by atoms with Crippen molar-refractivity contribution in [2.45, 2.75) is 10.1 Å². The minimum absolute atomic E-state index is 0.637. The van der Waals surface area contributed by atoms with Gasteiger partial charge in [0, 0.05) is 12.4 Å². The summed E-state index contributed by atoms with van der Waals surface area (Å²) in [6.07, 6.45) is 3.60. The molecular weight excluding hydrogens is 202 g/mol. The first kappa shape index (κ1) is 8.52. The van der Waals surface area contributed by atoms with E-state index in [2.05, 4.69) is 15.0 Å². The highest BCUT2D eigenvalue weighted by atomic mass is 32.2. The lowest BCUT2D eigenvalue weighted by Gasteiger charge is -1.94. The van der Waals surface area contributed by atoms with Crippen LogP contribution in [0.2, 0.25) is 0 Å². The molecule has 2 rings (SSSR count). The van der Waals surface area contributed by atoms with Crippen molar-refractivity contribution in [1.29, 1.82) is 0 Å². The molecule has 0 amide bonds. The fourth-order valence-corrected chi connectivity index (χ4v) is 1.88. The number of nitrogens with zero attached hydrogens (tertiary/aromatic N) is 1. The summed E-state index contributed by atoms with van der Waals surface area (Å²) in [4.78, 5) is 10.1. The van der Waals surface area contributed by atoms with Crippen molar-refractivity contribution in [3.63, 3.8) is 0 Å². The second kappa shape index (κ2) is 3.76. The van der Waals surface area contributed by atoms with Gasteiger partial charge in [-0.2, -0.15) is 0 Å². The van der Waals surface area contributed by atoms with Crippen molar-refractivity contribution in [3.05, 3.63) is 35.4 Å². The Morgan fingerprint density at radius 1 is 1.38 bits per heavy atom. The summed E-state index contributed by atoms with van der Waals surface area (Å²) < 4.78 is 0.637. The summed E-state index contributed by atoms with van der Waals surface area (Å²) in [5.41, 5.74) is 0. The lowest BCUT2D eigenvalue weighted by molar-refractivity contribution is 1.11. The predicted octanol–water partition coefficient (Wildman–Crippen LogP) is 2.62. The third-order valence-electron chi connectivity index (χ3n) is 1.42. The van der Waals surface area contributed by atoms with Crippen molar-refractivity contribution < 1.29 is 0 Å². The highest BCUT2D eigenvalue weighted by molar-refractivity contribution is 7.99. The molecule has 0 aromatic carbocycles. The molecule has 0 saturated heterocycles. The van der Waals surface area contributed by atoms with Gasteiger partial charge in [0.25, 0.3) is 0 Å². The molecule has 0 aliphatic rings. The summed E-state index contributed by atoms with van der Waals surface area (Å²) in [5.74, 6) is 0. The molecule has 2 aromatic heterocycles. The highest BCUT2D eigenvalue weighted by Crippen LogP contribution is 2.22. The summed E-state index contributed by atoms with van der Waals surface area (Å²) in [5, 5.41) is 1.93. The molecule has 2 aromatic rings. The van der Waals surface area contributed by atoms with E-state index in [0.29, 0.717) is 4.77 Å². The van der Waals surface area contributed by atoms with Crippen LogP contribution in [-0.4, -0.2) is 15.0 Å². The van der Waals surface area contributed by atoms with E-state index in [1.165, 1.54) is 0 Å². The molecule has 0 aliphatic carbocycles. The molecule has 2 heterocycles. The quantitative estimate of drug-likeness (QED) is 0.747. The maximum Gasteiger partial charge on any atom is 0.175 e. The number of pyridine rings is 1. The average molecular weight is 209 g/mol. The summed E-state index contributed by atoms with van der Waals surface area (Å²) in [6, 6.07) is 5.80. The van der Waals surface area contributed by atoms with E-state index in [1.54, 1.807) is 18.0 Å². The van der Waals surface area contributed by atoms with Gasteiger partial charge >= 0.3 is 0 Å². The van der Waals surface area contributed by atoms with Gasteiger partial charge < -0.3 is 9.97 Å². The average Bonchev–Trinajstić information content (AvgIpc) is 2.53. The first-order valence-corrected chi connectivity index (χ1v) is 4.93. The third-order valence-corrected chi connectivity index (χ3v) is 2.53. The topological polar surface area (TPSA) is 44.5 Å². The zero-order valence-corrected chi connectivity index (χ0v) is 8.28. The van der Waals surface area contributed by atoms with Crippen molar-refractivity contribution in [1.82, 2.24) is 15.0 Å². The Morgan fingerprint density at radius 2 is 2.31 bits per heavy atom. The van der Waals surface area contributed by atoms with Gasteiger partial charge in [0.15, 0.2) is 4.77 Å². The lowest BCUT2D eigenvalue weighted by Crippen LogP contribution is -1.76. The Balaban J connectivity index is 2.20. The van der Waals surface area contributed by atoms with Gasteiger partial charge in [-0.3, -0.25) is 0 Å². The summed E-state index contributed by atoms with van der Waals surface area (Å²) >= 11 is 6.45. The van der Waals surface area contributed by atoms with Crippen LogP contribution >= 0.6 is 24.0 Å². The number of hydrogen-bond acceptors (Lipinski definition) is 3. The Labute approximate surface area is 84.6 Å². The maximum atomic E-state index is 4.90. The molecule has 0 spiro atoms. The largest absolute Gasteiger partial charge is 0.336 e. The van der Waals surface area contributed by atoms with Gasteiger partial charge in [-0.15, -0.1) is 0 Å². The number of imidazole rings is 1. The van der Waals surface area contributed by atoms with Crippen LogP contribution in [0.25, 0.3) is 0 Å². The molecule has 0 radical (unpaired) electrons. The maximum absolute atomic E-state index is 4.90. The van der Waals surface area contributed by atoms with E-state index in [0.717, 1.165) is 10.1 Å². The molecule has 0 aliphatic heterocycles. The Bertz CT molecular complexity index is 432. The van der Waals surface area contributed by atoms with E-state index in [-0.39, 0.29) is 0 Å². The van der Waals surface area contributed by atoms with Gasteiger partial charge in [-0.1, -0.05) is 17.8 Å². The molecule has 2 N–H and O–H groups in total. The third kappa shape index (κ3) is 2.19. The molecule has 66 valence electrons. The second-order valence-corrected chi connectivity index (χ2v) is 3.85. The van der Waals surface area contributed by atoms with Crippen LogP contribution in [0.5, 0.6) is 0 Å². The van der Waals surface area contributed by atoms with Gasteiger partial charge in [-0.25, -0.2) is 4.98 Å². The van der Waals surface area contributed by atoms with E-state index in [1.807, 2.05) is 24.4 Å². The van der Waals surface area contributed by atoms with Crippen LogP contribution in [0.3, 0.4) is 0 Å². The fourth-order valence-electron chi connectivity index (χ4n) is 0.890. The van der Waals surface area contributed by atoms with Crippen LogP contribution in [0.4, 0.5) is 0 Å². The molecule has 0 atom stereocenters. The first-order chi connectivity index (χ1) is 6.34. The number of hydrogen-bond donors (Lipinski definition) is 2. The van der Waals surface area contributed by atoms with Gasteiger partial charge in [0.05, 0.1) is 5.03 Å². The van der Waals surface area contributed by atoms with Crippen molar-refractivity contribution >= 4 is 24.0 Å². The first-order valence-electron chi connectivity index (χ1n) is 3.71. The highest BCUT2D eigenvalue weighted by Gasteiger charge is 1.97. The molecule has 0 fully saturated rings. The standard InChI is InChI=1S/C8H7N3S2/c12-8-10-5-7(11-8)13-6-3-1-2-4-9-6/h1-5H,(H2,10,11,12). The van der Waals surface area contributed by atoms with E-state index in [9.17, 15) is 0 Å². The van der Waals surface area contributed by atoms with Crippen molar-refractivity contribution in [2.24, 2.45) is 0 Å². The molecule has 0 bridgehead atoms. The lowest BCUT2D eigenvalue weighted by atomic mass is 10.5. The van der Waals surface area contributed by atoms with E-state index >= 15 is 0 Å². The van der Waals surface area contributed by atoms with Crippen LogP contribution in [-0.2, 0) is 0 Å². The summed E-state index contributed by atoms with van der Waals surface area (Å²) in [7, 11) is 0. The number of H-pyrrole nitrogens is 2. The molecule has 0 unspecified atom stereocenters. The normalized spacial score (nSPS) is 10.2. The molecular formula is C8H7N3S2. The predicted molar refractivity (Wildman–Crippen MR) is 54.3 cm³/mol. The number of aromatic nitrogens is 3. The second-order valence-electron chi connectivity index (χ2n) is 2.38. The Hall–Kier alpha value is -1.07. The molecule has 0 saturated carbocycles. The van der Waals surface area contributed by atoms with Crippen molar-refractivity contribution in [2.75, 3.05) is 0 Å². The SMILES string of the molecule is S=c1[nH]cc(Sc2ccccn2)[nH]1. The Morgan fingerprint density at radius 3 is 2.92 bits per heavy atom. The monoisotopic (exact) mass is 209 g/mol. The van der Waals surface area contributed by atoms with Gasteiger partial charge in [-0.05, 0) is 24.4 Å². The molecule has 5 heteroatoms. The van der Waals surface area contributed by atoms with Crippen molar-refractivity contribution in [3.8, 4) is 0 Å². The summed E-state index contributed by atoms with van der Waals surface area (Å²) in [6.45, 7) is 0. The zero-order chi connectivity index (χ0) is 9.10. The van der Waals surface area contributed by atoms with Gasteiger partial charge in [0.2, 0.25) is 0 Å². The van der Waals surface area contributed by atoms with E-state index < -0.39 is 0 Å². The minimum Gasteiger partial charge on any atom is -0.336 e. The van der Waals surface area contributed by atoms with E-state index in [4.69, 9.17) is 12.2 Å². The number of rotatable bonds is 2. The minimum atomic E-state index is 0.637.